The number of anilines is 1. The molecular weight excluding hydrogens is 276 g/mol. The van der Waals surface area contributed by atoms with Crippen molar-refractivity contribution in [3.8, 4) is 0 Å². The van der Waals surface area contributed by atoms with Gasteiger partial charge in [-0.05, 0) is 31.0 Å². The van der Waals surface area contributed by atoms with E-state index in [9.17, 15) is 8.42 Å². The van der Waals surface area contributed by atoms with Crippen LogP contribution in [-0.4, -0.2) is 48.3 Å². The number of fused-ring (bicyclic) bond motifs is 1. The fourth-order valence-corrected chi connectivity index (χ4v) is 3.47. The van der Waals surface area contributed by atoms with Gasteiger partial charge in [-0.3, -0.25) is 5.10 Å². The number of rotatable bonds is 3. The van der Waals surface area contributed by atoms with Crippen LogP contribution in [0.4, 0.5) is 5.69 Å². The number of piperidine rings is 1. The smallest absolute Gasteiger partial charge is 0.211 e. The topological polar surface area (TPSA) is 78.1 Å². The van der Waals surface area contributed by atoms with Crippen molar-refractivity contribution >= 4 is 26.6 Å². The lowest BCUT2D eigenvalue weighted by atomic mass is 10.1. The molecule has 108 valence electrons. The number of hydrogen-bond donors (Lipinski definition) is 2. The molecule has 2 N–H and O–H groups in total. The molecule has 6 nitrogen and oxygen atoms in total. The van der Waals surface area contributed by atoms with Crippen molar-refractivity contribution < 1.29 is 8.42 Å². The van der Waals surface area contributed by atoms with Gasteiger partial charge in [0.2, 0.25) is 10.0 Å². The molecule has 3 rings (SSSR count). The molecule has 2 heterocycles. The Morgan fingerprint density at radius 2 is 2.10 bits per heavy atom. The fraction of sp³-hybridized carbons (Fsp3) is 0.462. The molecule has 0 aliphatic carbocycles. The summed E-state index contributed by atoms with van der Waals surface area (Å²) in [6, 6.07) is 6.39. The van der Waals surface area contributed by atoms with E-state index in [4.69, 9.17) is 0 Å². The molecule has 0 amide bonds. The van der Waals surface area contributed by atoms with E-state index in [1.807, 2.05) is 12.1 Å². The summed E-state index contributed by atoms with van der Waals surface area (Å²) in [5, 5.41) is 11.5. The number of nitrogens with one attached hydrogen (secondary N) is 2. The van der Waals surface area contributed by atoms with Crippen molar-refractivity contribution in [2.24, 2.45) is 0 Å². The fourth-order valence-electron chi connectivity index (χ4n) is 2.60. The molecule has 1 aliphatic heterocycles. The highest BCUT2D eigenvalue weighted by Gasteiger charge is 2.24. The van der Waals surface area contributed by atoms with Gasteiger partial charge in [-0.1, -0.05) is 0 Å². The van der Waals surface area contributed by atoms with E-state index in [2.05, 4.69) is 21.6 Å². The zero-order valence-corrected chi connectivity index (χ0v) is 12.2. The minimum absolute atomic E-state index is 0.317. The SMILES string of the molecule is CS(=O)(=O)N1CCC(Nc2ccc3[nH]ncc3c2)CC1. The third-order valence-corrected chi connectivity index (χ3v) is 5.04. The second-order valence-electron chi connectivity index (χ2n) is 5.25. The summed E-state index contributed by atoms with van der Waals surface area (Å²) >= 11 is 0. The third-order valence-electron chi connectivity index (χ3n) is 3.73. The van der Waals surface area contributed by atoms with Gasteiger partial charge in [0.1, 0.15) is 0 Å². The van der Waals surface area contributed by atoms with Gasteiger partial charge in [0.25, 0.3) is 0 Å². The van der Waals surface area contributed by atoms with Crippen LogP contribution in [0.5, 0.6) is 0 Å². The van der Waals surface area contributed by atoms with Crippen LogP contribution < -0.4 is 5.32 Å². The molecule has 0 unspecified atom stereocenters. The van der Waals surface area contributed by atoms with Crippen molar-refractivity contribution in [3.05, 3.63) is 24.4 Å². The van der Waals surface area contributed by atoms with E-state index in [1.54, 1.807) is 10.5 Å². The molecule has 1 aromatic heterocycles. The van der Waals surface area contributed by atoms with Crippen LogP contribution in [-0.2, 0) is 10.0 Å². The molecule has 7 heteroatoms. The Balaban J connectivity index is 1.64. The Morgan fingerprint density at radius 1 is 1.35 bits per heavy atom. The molecule has 0 bridgehead atoms. The molecule has 0 radical (unpaired) electrons. The lowest BCUT2D eigenvalue weighted by molar-refractivity contribution is 0.332. The van der Waals surface area contributed by atoms with Crippen molar-refractivity contribution in [2.75, 3.05) is 24.7 Å². The van der Waals surface area contributed by atoms with E-state index >= 15 is 0 Å². The summed E-state index contributed by atoms with van der Waals surface area (Å²) < 4.78 is 24.5. The maximum atomic E-state index is 11.5. The number of H-pyrrole nitrogens is 1. The van der Waals surface area contributed by atoms with Gasteiger partial charge >= 0.3 is 0 Å². The van der Waals surface area contributed by atoms with E-state index < -0.39 is 10.0 Å². The number of aromatic nitrogens is 2. The Labute approximate surface area is 118 Å². The molecule has 0 spiro atoms. The monoisotopic (exact) mass is 294 g/mol. The average Bonchev–Trinajstić information content (AvgIpc) is 2.86. The van der Waals surface area contributed by atoms with Gasteiger partial charge < -0.3 is 5.32 Å². The van der Waals surface area contributed by atoms with Crippen LogP contribution in [0.3, 0.4) is 0 Å². The van der Waals surface area contributed by atoms with Gasteiger partial charge in [-0.25, -0.2) is 12.7 Å². The molecule has 1 aliphatic rings. The zero-order valence-electron chi connectivity index (χ0n) is 11.3. The highest BCUT2D eigenvalue weighted by atomic mass is 32.2. The normalized spacial score (nSPS) is 18.4. The van der Waals surface area contributed by atoms with Crippen molar-refractivity contribution in [2.45, 2.75) is 18.9 Å². The summed E-state index contributed by atoms with van der Waals surface area (Å²) in [5.41, 5.74) is 2.07. The number of hydrogen-bond acceptors (Lipinski definition) is 4. The second-order valence-corrected chi connectivity index (χ2v) is 7.24. The molecule has 2 aromatic rings. The first-order valence-corrected chi connectivity index (χ1v) is 8.52. The maximum absolute atomic E-state index is 11.5. The average molecular weight is 294 g/mol. The molecule has 1 saturated heterocycles. The first-order chi connectivity index (χ1) is 9.52. The summed E-state index contributed by atoms with van der Waals surface area (Å²) in [6.45, 7) is 1.18. The first kappa shape index (κ1) is 13.4. The van der Waals surface area contributed by atoms with Crippen LogP contribution in [0, 0.1) is 0 Å². The summed E-state index contributed by atoms with van der Waals surface area (Å²) in [5.74, 6) is 0. The predicted molar refractivity (Wildman–Crippen MR) is 79.2 cm³/mol. The van der Waals surface area contributed by atoms with Gasteiger partial charge in [0.05, 0.1) is 18.0 Å². The Bertz CT molecular complexity index is 702. The van der Waals surface area contributed by atoms with Crippen LogP contribution in [0.1, 0.15) is 12.8 Å². The molecule has 1 aromatic carbocycles. The number of benzene rings is 1. The van der Waals surface area contributed by atoms with Crippen molar-refractivity contribution in [3.63, 3.8) is 0 Å². The third kappa shape index (κ3) is 2.78. The zero-order chi connectivity index (χ0) is 14.2. The lowest BCUT2D eigenvalue weighted by Gasteiger charge is -2.31. The number of nitrogens with zero attached hydrogens (tertiary/aromatic N) is 2. The van der Waals surface area contributed by atoms with Crippen LogP contribution in [0.2, 0.25) is 0 Å². The Morgan fingerprint density at radius 3 is 2.80 bits per heavy atom. The van der Waals surface area contributed by atoms with E-state index in [0.29, 0.717) is 19.1 Å². The Hall–Kier alpha value is -1.60. The minimum Gasteiger partial charge on any atom is -0.382 e. The highest BCUT2D eigenvalue weighted by Crippen LogP contribution is 2.21. The summed E-state index contributed by atoms with van der Waals surface area (Å²) in [6.07, 6.45) is 4.73. The molecule has 20 heavy (non-hydrogen) atoms. The largest absolute Gasteiger partial charge is 0.382 e. The van der Waals surface area contributed by atoms with Gasteiger partial charge in [0.15, 0.2) is 0 Å². The van der Waals surface area contributed by atoms with E-state index in [-0.39, 0.29) is 0 Å². The standard InChI is InChI=1S/C13H18N4O2S/c1-20(18,19)17-6-4-11(5-7-17)15-12-2-3-13-10(8-12)9-14-16-13/h2-3,8-9,11,15H,4-7H2,1H3,(H,14,16). The number of sulfonamides is 1. The van der Waals surface area contributed by atoms with Crippen LogP contribution in [0.15, 0.2) is 24.4 Å². The summed E-state index contributed by atoms with van der Waals surface area (Å²) in [4.78, 5) is 0. The molecule has 0 atom stereocenters. The first-order valence-electron chi connectivity index (χ1n) is 6.67. The maximum Gasteiger partial charge on any atom is 0.211 e. The molecule has 0 saturated carbocycles. The Kier molecular flexibility index (Phi) is 3.39. The second kappa shape index (κ2) is 5.06. The van der Waals surface area contributed by atoms with E-state index in [0.717, 1.165) is 29.4 Å². The summed E-state index contributed by atoms with van der Waals surface area (Å²) in [7, 11) is -3.05. The van der Waals surface area contributed by atoms with Gasteiger partial charge in [0, 0.05) is 30.2 Å². The lowest BCUT2D eigenvalue weighted by Crippen LogP contribution is -2.41. The van der Waals surface area contributed by atoms with Crippen molar-refractivity contribution in [1.82, 2.24) is 14.5 Å². The molecule has 1 fully saturated rings. The van der Waals surface area contributed by atoms with Crippen LogP contribution in [0.25, 0.3) is 10.9 Å². The highest BCUT2D eigenvalue weighted by molar-refractivity contribution is 7.88. The van der Waals surface area contributed by atoms with Gasteiger partial charge in [-0.15, -0.1) is 0 Å². The predicted octanol–water partition coefficient (Wildman–Crippen LogP) is 1.40. The minimum atomic E-state index is -3.05. The quantitative estimate of drug-likeness (QED) is 0.897. The number of aromatic amines is 1. The van der Waals surface area contributed by atoms with Crippen LogP contribution >= 0.6 is 0 Å². The van der Waals surface area contributed by atoms with Gasteiger partial charge in [-0.2, -0.15) is 5.10 Å². The van der Waals surface area contributed by atoms with Crippen molar-refractivity contribution in [1.29, 1.82) is 0 Å². The molecular formula is C13H18N4O2S. The van der Waals surface area contributed by atoms with E-state index in [1.165, 1.54) is 6.26 Å².